The van der Waals surface area contributed by atoms with E-state index in [1.165, 1.54) is 19.1 Å². The first-order valence-corrected chi connectivity index (χ1v) is 10.3. The summed E-state index contributed by atoms with van der Waals surface area (Å²) in [5.41, 5.74) is 0.645. The molecule has 0 fully saturated rings. The number of hydrogen-bond acceptors (Lipinski definition) is 7. The van der Waals surface area contributed by atoms with Crippen LogP contribution in [0.4, 0.5) is 13.2 Å². The predicted octanol–water partition coefficient (Wildman–Crippen LogP) is 4.50. The fourth-order valence-corrected chi connectivity index (χ4v) is 3.30. The number of nitrogens with zero attached hydrogens (tertiary/aromatic N) is 5. The molecule has 4 rings (SSSR count). The first-order chi connectivity index (χ1) is 17.2. The van der Waals surface area contributed by atoms with Gasteiger partial charge in [0.25, 0.3) is 0 Å². The first-order valence-electron chi connectivity index (χ1n) is 10.3. The number of benzene rings is 2. The molecule has 36 heavy (non-hydrogen) atoms. The third-order valence-corrected chi connectivity index (χ3v) is 5.20. The summed E-state index contributed by atoms with van der Waals surface area (Å²) < 4.78 is 50.9. The van der Waals surface area contributed by atoms with Crippen LogP contribution in [0.2, 0.25) is 0 Å². The van der Waals surface area contributed by atoms with Crippen LogP contribution in [0.25, 0.3) is 33.7 Å². The smallest absolute Gasteiger partial charge is 0.416 e. The van der Waals surface area contributed by atoms with Crippen LogP contribution in [-0.2, 0) is 6.18 Å². The molecule has 2 aromatic heterocycles. The Bertz CT molecular complexity index is 1790. The Morgan fingerprint density at radius 1 is 0.750 bits per heavy atom. The molecule has 0 unspecified atom stereocenters. The van der Waals surface area contributed by atoms with Gasteiger partial charge in [-0.25, -0.2) is 9.97 Å². The maximum absolute atomic E-state index is 13.1. The second kappa shape index (κ2) is 9.25. The molecule has 0 amide bonds. The summed E-state index contributed by atoms with van der Waals surface area (Å²) in [5.74, 6) is 0. The predicted molar refractivity (Wildman–Crippen MR) is 120 cm³/mol. The van der Waals surface area contributed by atoms with Crippen molar-refractivity contribution in [3.05, 3.63) is 81.6 Å². The first kappa shape index (κ1) is 24.0. The summed E-state index contributed by atoms with van der Waals surface area (Å²) in [6, 6.07) is 16.7. The van der Waals surface area contributed by atoms with Crippen LogP contribution in [0.15, 0.2) is 57.4 Å². The van der Waals surface area contributed by atoms with Crippen molar-refractivity contribution in [1.29, 1.82) is 15.8 Å². The van der Waals surface area contributed by atoms with Crippen LogP contribution in [0.3, 0.4) is 0 Å². The Hall–Kier alpha value is -5.14. The summed E-state index contributed by atoms with van der Waals surface area (Å²) in [6.07, 6.45) is -4.54. The van der Waals surface area contributed by atoms with Crippen molar-refractivity contribution in [2.24, 2.45) is 0 Å². The third-order valence-electron chi connectivity index (χ3n) is 5.20. The maximum atomic E-state index is 13.1. The van der Waals surface area contributed by atoms with Crippen LogP contribution in [-0.4, -0.2) is 9.97 Å². The highest BCUT2D eigenvalue weighted by molar-refractivity contribution is 5.71. The van der Waals surface area contributed by atoms with Crippen LogP contribution >= 0.6 is 0 Å². The van der Waals surface area contributed by atoms with Crippen LogP contribution < -0.4 is 11.1 Å². The number of oxazole rings is 2. The van der Waals surface area contributed by atoms with E-state index in [9.17, 15) is 29.0 Å². The van der Waals surface area contributed by atoms with Gasteiger partial charge in [0.1, 0.15) is 29.6 Å². The lowest BCUT2D eigenvalue weighted by atomic mass is 10.1. The van der Waals surface area contributed by atoms with Crippen molar-refractivity contribution >= 4 is 11.1 Å². The van der Waals surface area contributed by atoms with Crippen molar-refractivity contribution in [2.45, 2.75) is 20.0 Å². The van der Waals surface area contributed by atoms with Crippen LogP contribution in [0.1, 0.15) is 18.1 Å². The Kier molecular flexibility index (Phi) is 6.16. The van der Waals surface area contributed by atoms with Crippen molar-refractivity contribution in [2.75, 3.05) is 0 Å². The average molecular weight is 485 g/mol. The van der Waals surface area contributed by atoms with Crippen LogP contribution in [0.5, 0.6) is 0 Å². The number of rotatable bonds is 2. The molecule has 0 aliphatic carbocycles. The van der Waals surface area contributed by atoms with E-state index in [4.69, 9.17) is 8.83 Å². The summed E-state index contributed by atoms with van der Waals surface area (Å²) >= 11 is 0. The van der Waals surface area contributed by atoms with Crippen molar-refractivity contribution in [3.63, 3.8) is 0 Å². The molecule has 2 aromatic carbocycles. The standard InChI is InChI=1S/C26H14F3N5O2/c1-14-3-5-16(6-4-14)20-22(35-24(33-20)15(2)11-30)23-21(34-25(36-23)18(12-31)13-32)17-7-9-19(10-8-17)26(27,28)29/h3-10H,1-2H3/b23-22+,24-15-. The molecule has 7 nitrogen and oxygen atoms in total. The summed E-state index contributed by atoms with van der Waals surface area (Å²) in [7, 11) is 0. The number of aryl methyl sites for hydroxylation is 1. The second-order valence-corrected chi connectivity index (χ2v) is 7.67. The van der Waals surface area contributed by atoms with Crippen LogP contribution in [0, 0.1) is 51.7 Å². The average Bonchev–Trinajstić information content (AvgIpc) is 3.49. The van der Waals surface area contributed by atoms with E-state index in [0.717, 1.165) is 17.7 Å². The highest BCUT2D eigenvalue weighted by atomic mass is 19.4. The lowest BCUT2D eigenvalue weighted by Gasteiger charge is -2.06. The van der Waals surface area contributed by atoms with E-state index in [0.29, 0.717) is 5.56 Å². The molecule has 2 heterocycles. The highest BCUT2D eigenvalue weighted by Crippen LogP contribution is 2.31. The molecular weight excluding hydrogens is 471 g/mol. The zero-order valence-electron chi connectivity index (χ0n) is 18.8. The molecule has 0 atom stereocenters. The van der Waals surface area contributed by atoms with Gasteiger partial charge in [0.2, 0.25) is 21.9 Å². The van der Waals surface area contributed by atoms with Gasteiger partial charge in [-0.2, -0.15) is 29.0 Å². The molecule has 0 aliphatic rings. The lowest BCUT2D eigenvalue weighted by Crippen LogP contribution is -2.05. The summed E-state index contributed by atoms with van der Waals surface area (Å²) in [6.45, 7) is 3.41. The van der Waals surface area contributed by atoms with E-state index in [1.54, 1.807) is 24.3 Å². The molecule has 0 spiro atoms. The van der Waals surface area contributed by atoms with E-state index < -0.39 is 17.3 Å². The Morgan fingerprint density at radius 3 is 1.69 bits per heavy atom. The quantitative estimate of drug-likeness (QED) is 0.409. The molecule has 176 valence electrons. The molecule has 0 bridgehead atoms. The number of hydrogen-bond donors (Lipinski definition) is 0. The highest BCUT2D eigenvalue weighted by Gasteiger charge is 2.30. The molecule has 10 heteroatoms. The van der Waals surface area contributed by atoms with Gasteiger partial charge in [0.15, 0.2) is 5.57 Å². The fraction of sp³-hybridized carbons (Fsp3) is 0.115. The van der Waals surface area contributed by atoms with Crippen molar-refractivity contribution in [3.8, 4) is 40.7 Å². The zero-order chi connectivity index (χ0) is 26.0. The molecule has 0 saturated heterocycles. The van der Waals surface area contributed by atoms with E-state index >= 15 is 0 Å². The molecule has 0 saturated carbocycles. The van der Waals surface area contributed by atoms with Crippen molar-refractivity contribution < 1.29 is 22.0 Å². The minimum atomic E-state index is -4.54. The topological polar surface area (TPSA) is 123 Å². The number of halogens is 3. The van der Waals surface area contributed by atoms with Gasteiger partial charge in [-0.3, -0.25) is 0 Å². The van der Waals surface area contributed by atoms with Gasteiger partial charge < -0.3 is 8.83 Å². The SMILES string of the molecule is C/C(C#N)=c1\nc(-c2ccc(C)cc2)/c(=c2\oc(=C(C#N)C#N)nc2-c2ccc(C(F)(F)F)cc2)o1. The number of alkyl halides is 3. The van der Waals surface area contributed by atoms with E-state index in [1.807, 2.05) is 25.1 Å². The van der Waals surface area contributed by atoms with E-state index in [-0.39, 0.29) is 44.4 Å². The third kappa shape index (κ3) is 4.46. The van der Waals surface area contributed by atoms with Gasteiger partial charge in [-0.15, -0.1) is 0 Å². The largest absolute Gasteiger partial charge is 0.432 e. The molecule has 0 N–H and O–H groups in total. The monoisotopic (exact) mass is 485 g/mol. The minimum absolute atomic E-state index is 0.00386. The molecule has 0 aliphatic heterocycles. The normalized spacial score (nSPS) is 12.8. The zero-order valence-corrected chi connectivity index (χ0v) is 18.8. The van der Waals surface area contributed by atoms with Crippen molar-refractivity contribution in [1.82, 2.24) is 9.97 Å². The van der Waals surface area contributed by atoms with Gasteiger partial charge >= 0.3 is 6.18 Å². The Morgan fingerprint density at radius 2 is 1.22 bits per heavy atom. The summed E-state index contributed by atoms with van der Waals surface area (Å²) in [4.78, 5) is 8.66. The number of nitriles is 3. The molecule has 4 aromatic rings. The van der Waals surface area contributed by atoms with Gasteiger partial charge in [0.05, 0.1) is 11.1 Å². The summed E-state index contributed by atoms with van der Waals surface area (Å²) in [5, 5.41) is 27.9. The second-order valence-electron chi connectivity index (χ2n) is 7.67. The Balaban J connectivity index is 2.20. The van der Waals surface area contributed by atoms with Gasteiger partial charge in [-0.05, 0) is 26.0 Å². The lowest BCUT2D eigenvalue weighted by molar-refractivity contribution is -0.137. The Labute approximate surface area is 201 Å². The van der Waals surface area contributed by atoms with Gasteiger partial charge in [0, 0.05) is 11.1 Å². The van der Waals surface area contributed by atoms with E-state index in [2.05, 4.69) is 9.97 Å². The minimum Gasteiger partial charge on any atom is -0.432 e. The van der Waals surface area contributed by atoms with Gasteiger partial charge in [-0.1, -0.05) is 42.0 Å². The number of aromatic nitrogens is 2. The fourth-order valence-electron chi connectivity index (χ4n) is 3.30. The molecule has 0 radical (unpaired) electrons. The molecular formula is C26H14F3N5O2. The maximum Gasteiger partial charge on any atom is 0.416 e.